The van der Waals surface area contributed by atoms with Gasteiger partial charge in [0, 0.05) is 31.9 Å². The summed E-state index contributed by atoms with van der Waals surface area (Å²) in [6.45, 7) is 3.79. The van der Waals surface area contributed by atoms with E-state index < -0.39 is 0 Å². The van der Waals surface area contributed by atoms with Gasteiger partial charge in [0.15, 0.2) is 5.69 Å². The van der Waals surface area contributed by atoms with E-state index in [0.717, 1.165) is 31.1 Å². The fourth-order valence-electron chi connectivity index (χ4n) is 3.82. The lowest BCUT2D eigenvalue weighted by atomic mass is 9.99. The highest BCUT2D eigenvalue weighted by Crippen LogP contribution is 2.22. The molecule has 2 saturated heterocycles. The Hall–Kier alpha value is -2.34. The molecule has 6 heteroatoms. The molecule has 3 heterocycles. The Kier molecular flexibility index (Phi) is 4.44. The summed E-state index contributed by atoms with van der Waals surface area (Å²) in [6.07, 6.45) is 5.60. The second kappa shape index (κ2) is 6.88. The summed E-state index contributed by atoms with van der Waals surface area (Å²) in [4.78, 5) is 17.3. The van der Waals surface area contributed by atoms with Crippen LogP contribution in [0.25, 0.3) is 5.69 Å². The van der Waals surface area contributed by atoms with Gasteiger partial charge in [0.05, 0.1) is 12.8 Å². The van der Waals surface area contributed by atoms with Crippen molar-refractivity contribution in [3.05, 3.63) is 42.2 Å². The first-order valence-corrected chi connectivity index (χ1v) is 8.98. The van der Waals surface area contributed by atoms with Crippen molar-refractivity contribution in [3.63, 3.8) is 0 Å². The van der Waals surface area contributed by atoms with Crippen LogP contribution in [0.2, 0.25) is 0 Å². The fraction of sp³-hybridized carbons (Fsp3) is 0.474. The van der Waals surface area contributed by atoms with Crippen LogP contribution in [-0.4, -0.2) is 64.8 Å². The lowest BCUT2D eigenvalue weighted by Crippen LogP contribution is -2.56. The zero-order valence-electron chi connectivity index (χ0n) is 14.6. The number of carbonyl (C=O) groups excluding carboxylic acids is 1. The van der Waals surface area contributed by atoms with Crippen molar-refractivity contribution in [2.45, 2.75) is 25.3 Å². The number of carbonyl (C=O) groups is 1. The van der Waals surface area contributed by atoms with Crippen LogP contribution < -0.4 is 4.74 Å². The summed E-state index contributed by atoms with van der Waals surface area (Å²) < 4.78 is 6.92. The molecule has 0 aliphatic carbocycles. The molecule has 6 nitrogen and oxygen atoms in total. The van der Waals surface area contributed by atoms with E-state index in [2.05, 4.69) is 10.00 Å². The molecular formula is C19H24N4O2. The van der Waals surface area contributed by atoms with Gasteiger partial charge in [0.1, 0.15) is 5.75 Å². The molecule has 1 aromatic heterocycles. The number of piperazine rings is 1. The molecule has 1 aromatic carbocycles. The molecule has 2 aliphatic heterocycles. The Morgan fingerprint density at radius 2 is 1.96 bits per heavy atom. The quantitative estimate of drug-likeness (QED) is 0.859. The number of aromatic nitrogens is 2. The van der Waals surface area contributed by atoms with Gasteiger partial charge in [-0.2, -0.15) is 5.10 Å². The Balaban J connectivity index is 1.46. The van der Waals surface area contributed by atoms with E-state index in [9.17, 15) is 4.79 Å². The van der Waals surface area contributed by atoms with Crippen LogP contribution >= 0.6 is 0 Å². The van der Waals surface area contributed by atoms with Gasteiger partial charge in [0.25, 0.3) is 5.91 Å². The van der Waals surface area contributed by atoms with E-state index in [4.69, 9.17) is 4.74 Å². The van der Waals surface area contributed by atoms with Gasteiger partial charge in [-0.05, 0) is 49.7 Å². The Morgan fingerprint density at radius 1 is 1.12 bits per heavy atom. The van der Waals surface area contributed by atoms with Crippen molar-refractivity contribution in [2.75, 3.05) is 33.3 Å². The number of methoxy groups -OCH3 is 1. The van der Waals surface area contributed by atoms with Gasteiger partial charge in [-0.25, -0.2) is 4.68 Å². The fourth-order valence-corrected chi connectivity index (χ4v) is 3.82. The van der Waals surface area contributed by atoms with Crippen LogP contribution in [0.3, 0.4) is 0 Å². The topological polar surface area (TPSA) is 50.6 Å². The molecule has 0 unspecified atom stereocenters. The van der Waals surface area contributed by atoms with Crippen LogP contribution in [0, 0.1) is 0 Å². The van der Waals surface area contributed by atoms with Crippen molar-refractivity contribution in [1.82, 2.24) is 19.6 Å². The minimum absolute atomic E-state index is 0.0393. The summed E-state index contributed by atoms with van der Waals surface area (Å²) in [6, 6.07) is 9.97. The third kappa shape index (κ3) is 3.26. The normalized spacial score (nSPS) is 21.0. The second-order valence-electron chi connectivity index (χ2n) is 6.78. The summed E-state index contributed by atoms with van der Waals surface area (Å²) in [5.74, 6) is 0.843. The number of benzene rings is 1. The molecule has 2 aromatic rings. The largest absolute Gasteiger partial charge is 0.497 e. The van der Waals surface area contributed by atoms with Gasteiger partial charge >= 0.3 is 0 Å². The second-order valence-corrected chi connectivity index (χ2v) is 6.78. The van der Waals surface area contributed by atoms with Gasteiger partial charge in [-0.1, -0.05) is 6.42 Å². The molecule has 132 valence electrons. The van der Waals surface area contributed by atoms with E-state index >= 15 is 0 Å². The highest BCUT2D eigenvalue weighted by Gasteiger charge is 2.31. The maximum atomic E-state index is 12.8. The summed E-state index contributed by atoms with van der Waals surface area (Å²) in [5.41, 5.74) is 1.43. The number of piperidine rings is 1. The monoisotopic (exact) mass is 340 g/mol. The van der Waals surface area contributed by atoms with Crippen LogP contribution in [0.4, 0.5) is 0 Å². The zero-order valence-corrected chi connectivity index (χ0v) is 14.6. The first-order chi connectivity index (χ1) is 12.2. The predicted octanol–water partition coefficient (Wildman–Crippen LogP) is 2.19. The number of hydrogen-bond acceptors (Lipinski definition) is 4. The molecule has 2 fully saturated rings. The Labute approximate surface area is 148 Å². The molecular weight excluding hydrogens is 316 g/mol. The minimum Gasteiger partial charge on any atom is -0.497 e. The zero-order chi connectivity index (χ0) is 17.2. The van der Waals surface area contributed by atoms with E-state index in [0.29, 0.717) is 11.7 Å². The number of hydrogen-bond donors (Lipinski definition) is 0. The van der Waals surface area contributed by atoms with Crippen LogP contribution in [0.5, 0.6) is 5.75 Å². The lowest BCUT2D eigenvalue weighted by molar-refractivity contribution is 0.0368. The minimum atomic E-state index is 0.0393. The van der Waals surface area contributed by atoms with E-state index in [1.165, 1.54) is 25.8 Å². The van der Waals surface area contributed by atoms with E-state index in [1.54, 1.807) is 17.9 Å². The molecule has 0 saturated carbocycles. The van der Waals surface area contributed by atoms with Crippen LogP contribution in [-0.2, 0) is 0 Å². The van der Waals surface area contributed by atoms with Crippen molar-refractivity contribution >= 4 is 5.91 Å². The number of fused-ring (bicyclic) bond motifs is 1. The van der Waals surface area contributed by atoms with Crippen LogP contribution in [0.1, 0.15) is 29.8 Å². The molecule has 1 atom stereocenters. The van der Waals surface area contributed by atoms with Gasteiger partial charge < -0.3 is 9.64 Å². The molecule has 25 heavy (non-hydrogen) atoms. The predicted molar refractivity (Wildman–Crippen MR) is 95.2 cm³/mol. The average Bonchev–Trinajstić information content (AvgIpc) is 3.17. The summed E-state index contributed by atoms with van der Waals surface area (Å²) in [7, 11) is 1.64. The molecule has 0 bridgehead atoms. The molecule has 0 N–H and O–H groups in total. The van der Waals surface area contributed by atoms with Gasteiger partial charge in [-0.3, -0.25) is 9.69 Å². The number of ether oxygens (including phenoxy) is 1. The van der Waals surface area contributed by atoms with E-state index in [-0.39, 0.29) is 5.91 Å². The first-order valence-electron chi connectivity index (χ1n) is 8.98. The number of amides is 1. The molecule has 2 aliphatic rings. The average molecular weight is 340 g/mol. The lowest BCUT2D eigenvalue weighted by Gasteiger charge is -2.43. The maximum Gasteiger partial charge on any atom is 0.274 e. The molecule has 4 rings (SSSR count). The maximum absolute atomic E-state index is 12.8. The highest BCUT2D eigenvalue weighted by atomic mass is 16.5. The highest BCUT2D eigenvalue weighted by molar-refractivity contribution is 5.92. The Bertz CT molecular complexity index is 740. The van der Waals surface area contributed by atoms with Crippen molar-refractivity contribution < 1.29 is 9.53 Å². The molecule has 1 amide bonds. The van der Waals surface area contributed by atoms with Crippen molar-refractivity contribution in [1.29, 1.82) is 0 Å². The molecule has 0 spiro atoms. The van der Waals surface area contributed by atoms with E-state index in [1.807, 2.05) is 35.4 Å². The summed E-state index contributed by atoms with van der Waals surface area (Å²) >= 11 is 0. The van der Waals surface area contributed by atoms with Crippen LogP contribution in [0.15, 0.2) is 36.5 Å². The SMILES string of the molecule is COc1ccc(-n2ccc(C(=O)N3CCN4CCCC[C@@H]4C3)n2)cc1. The molecule has 0 radical (unpaired) electrons. The number of rotatable bonds is 3. The Morgan fingerprint density at radius 3 is 2.76 bits per heavy atom. The first kappa shape index (κ1) is 16.1. The third-order valence-electron chi connectivity index (χ3n) is 5.27. The third-order valence-corrected chi connectivity index (χ3v) is 5.27. The summed E-state index contributed by atoms with van der Waals surface area (Å²) in [5, 5.41) is 4.49. The standard InChI is InChI=1S/C19H24N4O2/c1-25-17-7-5-15(6-8-17)23-11-9-18(20-23)19(24)22-13-12-21-10-3-2-4-16(21)14-22/h5-9,11,16H,2-4,10,12-14H2,1H3/t16-/m1/s1. The van der Waals surface area contributed by atoms with Gasteiger partial charge in [0.2, 0.25) is 0 Å². The number of nitrogens with zero attached hydrogens (tertiary/aromatic N) is 4. The van der Waals surface area contributed by atoms with Gasteiger partial charge in [-0.15, -0.1) is 0 Å². The van der Waals surface area contributed by atoms with Crippen molar-refractivity contribution in [2.24, 2.45) is 0 Å². The van der Waals surface area contributed by atoms with Crippen molar-refractivity contribution in [3.8, 4) is 11.4 Å². The smallest absolute Gasteiger partial charge is 0.274 e.